The van der Waals surface area contributed by atoms with Crippen LogP contribution in [-0.4, -0.2) is 45.6 Å². The molecule has 0 atom stereocenters. The molecule has 1 amide bonds. The highest BCUT2D eigenvalue weighted by Crippen LogP contribution is 2.27. The normalized spacial score (nSPS) is 19.5. The van der Waals surface area contributed by atoms with Crippen molar-refractivity contribution in [1.29, 1.82) is 0 Å². The van der Waals surface area contributed by atoms with Crippen molar-refractivity contribution in [2.75, 3.05) is 19.6 Å². The maximum atomic E-state index is 12.6. The molecule has 106 valence electrons. The van der Waals surface area contributed by atoms with Gasteiger partial charge in [-0.2, -0.15) is 0 Å². The lowest BCUT2D eigenvalue weighted by Crippen LogP contribution is -2.58. The average molecular weight is 282 g/mol. The second-order valence-electron chi connectivity index (χ2n) is 6.74. The van der Waals surface area contributed by atoms with Crippen molar-refractivity contribution in [3.05, 3.63) is 10.6 Å². The summed E-state index contributed by atoms with van der Waals surface area (Å²) in [5.74, 6) is 0.0644. The lowest BCUT2D eigenvalue weighted by molar-refractivity contribution is 0.0654. The Kier molecular flexibility index (Phi) is 3.66. The summed E-state index contributed by atoms with van der Waals surface area (Å²) in [6.45, 7) is 12.7. The first kappa shape index (κ1) is 14.4. The van der Waals surface area contributed by atoms with E-state index in [0.29, 0.717) is 11.4 Å². The van der Waals surface area contributed by atoms with Crippen molar-refractivity contribution in [3.63, 3.8) is 0 Å². The van der Waals surface area contributed by atoms with E-state index in [2.05, 4.69) is 49.5 Å². The molecule has 0 radical (unpaired) electrons. The largest absolute Gasteiger partial charge is 0.335 e. The van der Waals surface area contributed by atoms with Gasteiger partial charge in [0, 0.05) is 30.6 Å². The van der Waals surface area contributed by atoms with E-state index in [1.807, 2.05) is 4.90 Å². The molecule has 1 aromatic heterocycles. The smallest absolute Gasteiger partial charge is 0.267 e. The predicted molar refractivity (Wildman–Crippen MR) is 76.6 cm³/mol. The van der Waals surface area contributed by atoms with Crippen LogP contribution in [0.25, 0.3) is 0 Å². The van der Waals surface area contributed by atoms with E-state index in [-0.39, 0.29) is 16.9 Å². The summed E-state index contributed by atoms with van der Waals surface area (Å²) >= 11 is 1.21. The zero-order valence-electron chi connectivity index (χ0n) is 12.3. The topological polar surface area (TPSA) is 58.1 Å². The van der Waals surface area contributed by atoms with Crippen LogP contribution >= 0.6 is 11.5 Å². The number of piperazine rings is 1. The van der Waals surface area contributed by atoms with Gasteiger partial charge in [0.25, 0.3) is 5.91 Å². The number of nitrogens with zero attached hydrogens (tertiary/aromatic N) is 3. The predicted octanol–water partition coefficient (Wildman–Crippen LogP) is 1.66. The van der Waals surface area contributed by atoms with Gasteiger partial charge in [-0.3, -0.25) is 4.79 Å². The molecule has 0 spiro atoms. The van der Waals surface area contributed by atoms with Crippen molar-refractivity contribution >= 4 is 17.4 Å². The van der Waals surface area contributed by atoms with Crippen LogP contribution in [0.15, 0.2) is 0 Å². The van der Waals surface area contributed by atoms with Crippen LogP contribution in [-0.2, 0) is 5.41 Å². The Balaban J connectivity index is 2.23. The SMILES string of the molecule is CC1(C)CN(C(=O)c2snnc2C(C)(C)C)CCN1. The Bertz CT molecular complexity index is 475. The minimum atomic E-state index is -0.151. The highest BCUT2D eigenvalue weighted by Gasteiger charge is 2.33. The molecule has 1 N–H and O–H groups in total. The van der Waals surface area contributed by atoms with Crippen LogP contribution in [0, 0.1) is 0 Å². The Hall–Kier alpha value is -1.01. The van der Waals surface area contributed by atoms with Gasteiger partial charge in [0.15, 0.2) is 0 Å². The summed E-state index contributed by atoms with van der Waals surface area (Å²) in [5.41, 5.74) is 0.619. The number of nitrogens with one attached hydrogen (secondary N) is 1. The minimum absolute atomic E-state index is 0.0338. The Morgan fingerprint density at radius 1 is 1.42 bits per heavy atom. The van der Waals surface area contributed by atoms with Gasteiger partial charge in [-0.25, -0.2) is 0 Å². The van der Waals surface area contributed by atoms with E-state index in [0.717, 1.165) is 18.8 Å². The van der Waals surface area contributed by atoms with Crippen molar-refractivity contribution in [3.8, 4) is 0 Å². The Morgan fingerprint density at radius 2 is 2.11 bits per heavy atom. The van der Waals surface area contributed by atoms with Crippen molar-refractivity contribution < 1.29 is 4.79 Å². The summed E-state index contributed by atoms with van der Waals surface area (Å²) in [4.78, 5) is 15.2. The summed E-state index contributed by atoms with van der Waals surface area (Å²) in [7, 11) is 0. The molecule has 1 saturated heterocycles. The fourth-order valence-electron chi connectivity index (χ4n) is 2.28. The monoisotopic (exact) mass is 282 g/mol. The molecule has 19 heavy (non-hydrogen) atoms. The molecule has 0 aliphatic carbocycles. The van der Waals surface area contributed by atoms with E-state index in [4.69, 9.17) is 0 Å². The number of aromatic nitrogens is 2. The van der Waals surface area contributed by atoms with Gasteiger partial charge in [-0.05, 0) is 25.4 Å². The molecule has 2 heterocycles. The van der Waals surface area contributed by atoms with E-state index in [9.17, 15) is 4.79 Å². The van der Waals surface area contributed by atoms with Crippen LogP contribution in [0.1, 0.15) is 50.0 Å². The standard InChI is InChI=1S/C13H22N4OS/c1-12(2,3)10-9(19-16-15-10)11(18)17-7-6-14-13(4,5)8-17/h14H,6-8H2,1-5H3. The van der Waals surface area contributed by atoms with Gasteiger partial charge >= 0.3 is 0 Å². The Morgan fingerprint density at radius 3 is 2.68 bits per heavy atom. The minimum Gasteiger partial charge on any atom is -0.335 e. The van der Waals surface area contributed by atoms with Crippen molar-refractivity contribution in [1.82, 2.24) is 19.8 Å². The van der Waals surface area contributed by atoms with Crippen LogP contribution in [0.4, 0.5) is 0 Å². The molecule has 0 saturated carbocycles. The summed E-state index contributed by atoms with van der Waals surface area (Å²) in [6, 6.07) is 0. The number of hydrogen-bond donors (Lipinski definition) is 1. The van der Waals surface area contributed by atoms with Gasteiger partial charge in [0.05, 0.1) is 5.69 Å². The van der Waals surface area contributed by atoms with E-state index < -0.39 is 0 Å². The molecule has 0 unspecified atom stereocenters. The number of carbonyl (C=O) groups excluding carboxylic acids is 1. The first-order valence-electron chi connectivity index (χ1n) is 6.58. The van der Waals surface area contributed by atoms with Gasteiger partial charge in [0.1, 0.15) is 4.88 Å². The van der Waals surface area contributed by atoms with E-state index in [1.165, 1.54) is 11.5 Å². The van der Waals surface area contributed by atoms with Crippen LogP contribution < -0.4 is 5.32 Å². The quantitative estimate of drug-likeness (QED) is 0.851. The highest BCUT2D eigenvalue weighted by atomic mass is 32.1. The third-order valence-corrected chi connectivity index (χ3v) is 3.97. The van der Waals surface area contributed by atoms with Gasteiger partial charge in [-0.15, -0.1) is 5.10 Å². The molecular formula is C13H22N4OS. The fraction of sp³-hybridized carbons (Fsp3) is 0.769. The maximum Gasteiger partial charge on any atom is 0.267 e. The average Bonchev–Trinajstić information content (AvgIpc) is 2.75. The molecular weight excluding hydrogens is 260 g/mol. The lowest BCUT2D eigenvalue weighted by Gasteiger charge is -2.39. The molecule has 1 aliphatic rings. The lowest BCUT2D eigenvalue weighted by atomic mass is 9.91. The molecule has 5 nitrogen and oxygen atoms in total. The molecule has 1 fully saturated rings. The number of carbonyl (C=O) groups is 1. The summed E-state index contributed by atoms with van der Waals surface area (Å²) in [6.07, 6.45) is 0. The van der Waals surface area contributed by atoms with Gasteiger partial charge in [-0.1, -0.05) is 25.3 Å². The van der Waals surface area contributed by atoms with E-state index in [1.54, 1.807) is 0 Å². The third kappa shape index (κ3) is 3.12. The van der Waals surface area contributed by atoms with Crippen LogP contribution in [0.5, 0.6) is 0 Å². The third-order valence-electron chi connectivity index (χ3n) is 3.25. The second-order valence-corrected chi connectivity index (χ2v) is 7.49. The van der Waals surface area contributed by atoms with Crippen LogP contribution in [0.2, 0.25) is 0 Å². The maximum absolute atomic E-state index is 12.6. The van der Waals surface area contributed by atoms with E-state index >= 15 is 0 Å². The highest BCUT2D eigenvalue weighted by molar-refractivity contribution is 7.08. The zero-order chi connectivity index (χ0) is 14.3. The van der Waals surface area contributed by atoms with Crippen molar-refractivity contribution in [2.24, 2.45) is 0 Å². The molecule has 0 bridgehead atoms. The zero-order valence-corrected chi connectivity index (χ0v) is 13.1. The first-order valence-corrected chi connectivity index (χ1v) is 7.35. The first-order chi connectivity index (χ1) is 8.71. The molecule has 0 aromatic carbocycles. The van der Waals surface area contributed by atoms with Gasteiger partial charge in [0.2, 0.25) is 0 Å². The molecule has 1 aliphatic heterocycles. The Labute approximate surface area is 118 Å². The molecule has 6 heteroatoms. The summed E-state index contributed by atoms with van der Waals surface area (Å²) in [5, 5.41) is 7.56. The number of hydrogen-bond acceptors (Lipinski definition) is 5. The molecule has 1 aromatic rings. The number of rotatable bonds is 1. The fourth-order valence-corrected chi connectivity index (χ4v) is 3.12. The van der Waals surface area contributed by atoms with Crippen molar-refractivity contribution in [2.45, 2.75) is 45.6 Å². The second kappa shape index (κ2) is 4.83. The van der Waals surface area contributed by atoms with Crippen LogP contribution in [0.3, 0.4) is 0 Å². The summed E-state index contributed by atoms with van der Waals surface area (Å²) < 4.78 is 3.97. The number of amides is 1. The molecule has 2 rings (SSSR count). The van der Waals surface area contributed by atoms with Gasteiger partial charge < -0.3 is 10.2 Å².